The highest BCUT2D eigenvalue weighted by molar-refractivity contribution is 6.39. The Hall–Kier alpha value is -5.32. The minimum absolute atomic E-state index is 0.0687. The van der Waals surface area contributed by atoms with Crippen LogP contribution in [0, 0.1) is 17.0 Å². The number of nitro benzene ring substituents is 1. The molecule has 0 bridgehead atoms. The van der Waals surface area contributed by atoms with Gasteiger partial charge >= 0.3 is 6.03 Å². The van der Waals surface area contributed by atoms with Crippen LogP contribution in [0.4, 0.5) is 21.9 Å². The number of barbiturate groups is 1. The molecule has 3 aromatic rings. The van der Waals surface area contributed by atoms with Crippen LogP contribution < -0.4 is 20.3 Å². The molecule has 0 atom stereocenters. The average Bonchev–Trinajstić information content (AvgIpc) is 2.87. The molecule has 4 rings (SSSR count). The molecule has 3 aromatic carbocycles. The van der Waals surface area contributed by atoms with E-state index in [4.69, 9.17) is 4.74 Å². The van der Waals surface area contributed by atoms with Gasteiger partial charge in [0.2, 0.25) is 0 Å². The quantitative estimate of drug-likeness (QED) is 0.218. The number of carbonyl (C=O) groups excluding carboxylic acids is 4. The fraction of sp³-hybridized carbons (Fsp3) is 0.0769. The summed E-state index contributed by atoms with van der Waals surface area (Å²) >= 11 is 0. The average molecular weight is 500 g/mol. The number of imide groups is 2. The Morgan fingerprint density at radius 1 is 1.03 bits per heavy atom. The van der Waals surface area contributed by atoms with Crippen LogP contribution in [0.15, 0.2) is 78.4 Å². The summed E-state index contributed by atoms with van der Waals surface area (Å²) in [6.45, 7) is 1.66. The van der Waals surface area contributed by atoms with Gasteiger partial charge in [-0.3, -0.25) is 29.8 Å². The SMILES string of the molecule is Cc1ccccc1NC(=O)COc1ccc(/C=C2/C(=O)NC(=O)N(c3ccc([N+](=O)[O-])cc3)C2=O)cc1. The number of hydrogen-bond donors (Lipinski definition) is 2. The van der Waals surface area contributed by atoms with Crippen LogP contribution in [0.25, 0.3) is 6.08 Å². The number of nitro groups is 1. The molecule has 5 amide bonds. The third-order valence-electron chi connectivity index (χ3n) is 5.40. The van der Waals surface area contributed by atoms with Gasteiger partial charge in [0.1, 0.15) is 11.3 Å². The van der Waals surface area contributed by atoms with Gasteiger partial charge in [-0.15, -0.1) is 0 Å². The van der Waals surface area contributed by atoms with E-state index in [0.717, 1.165) is 22.6 Å². The van der Waals surface area contributed by atoms with E-state index < -0.39 is 22.8 Å². The van der Waals surface area contributed by atoms with Gasteiger partial charge in [0.25, 0.3) is 23.4 Å². The van der Waals surface area contributed by atoms with Crippen molar-refractivity contribution in [2.45, 2.75) is 6.92 Å². The Labute approximate surface area is 210 Å². The monoisotopic (exact) mass is 500 g/mol. The highest BCUT2D eigenvalue weighted by Crippen LogP contribution is 2.25. The van der Waals surface area contributed by atoms with E-state index in [9.17, 15) is 29.3 Å². The lowest BCUT2D eigenvalue weighted by Crippen LogP contribution is -2.54. The van der Waals surface area contributed by atoms with Crippen LogP contribution in [0.1, 0.15) is 11.1 Å². The van der Waals surface area contributed by atoms with Crippen molar-refractivity contribution in [3.8, 4) is 5.75 Å². The van der Waals surface area contributed by atoms with Gasteiger partial charge in [-0.1, -0.05) is 30.3 Å². The fourth-order valence-corrected chi connectivity index (χ4v) is 3.49. The van der Waals surface area contributed by atoms with Gasteiger partial charge in [-0.25, -0.2) is 9.69 Å². The smallest absolute Gasteiger partial charge is 0.335 e. The summed E-state index contributed by atoms with van der Waals surface area (Å²) in [5, 5.41) is 15.7. The molecule has 11 heteroatoms. The molecule has 1 aliphatic heterocycles. The highest BCUT2D eigenvalue weighted by atomic mass is 16.6. The molecule has 1 heterocycles. The maximum absolute atomic E-state index is 13.0. The summed E-state index contributed by atoms with van der Waals surface area (Å²) in [6.07, 6.45) is 1.30. The third kappa shape index (κ3) is 5.68. The number of nitrogens with one attached hydrogen (secondary N) is 2. The Morgan fingerprint density at radius 2 is 1.70 bits per heavy atom. The molecule has 0 aliphatic carbocycles. The van der Waals surface area contributed by atoms with Crippen molar-refractivity contribution in [3.05, 3.63) is 99.6 Å². The van der Waals surface area contributed by atoms with Crippen molar-refractivity contribution >= 4 is 46.9 Å². The summed E-state index contributed by atoms with van der Waals surface area (Å²) < 4.78 is 5.50. The number of carbonyl (C=O) groups is 4. The Balaban J connectivity index is 1.44. The number of amides is 5. The van der Waals surface area contributed by atoms with Crippen molar-refractivity contribution in [1.82, 2.24) is 5.32 Å². The Kier molecular flexibility index (Phi) is 7.05. The predicted molar refractivity (Wildman–Crippen MR) is 134 cm³/mol. The van der Waals surface area contributed by atoms with Crippen LogP contribution in [0.2, 0.25) is 0 Å². The molecule has 0 saturated carbocycles. The summed E-state index contributed by atoms with van der Waals surface area (Å²) in [4.78, 5) is 60.8. The number of hydrogen-bond acceptors (Lipinski definition) is 7. The van der Waals surface area contributed by atoms with E-state index in [1.807, 2.05) is 25.1 Å². The first-order chi connectivity index (χ1) is 17.7. The molecule has 0 radical (unpaired) electrons. The first-order valence-electron chi connectivity index (χ1n) is 11.0. The van der Waals surface area contributed by atoms with Crippen molar-refractivity contribution < 1.29 is 28.8 Å². The number of non-ortho nitro benzene ring substituents is 1. The number of rotatable bonds is 7. The van der Waals surface area contributed by atoms with Crippen LogP contribution in [0.5, 0.6) is 5.75 Å². The number of ether oxygens (including phenoxy) is 1. The topological polar surface area (TPSA) is 148 Å². The van der Waals surface area contributed by atoms with Crippen molar-refractivity contribution in [2.24, 2.45) is 0 Å². The summed E-state index contributed by atoms with van der Waals surface area (Å²) in [5.41, 5.74) is 1.63. The number of nitrogens with zero attached hydrogens (tertiary/aromatic N) is 2. The molecule has 37 heavy (non-hydrogen) atoms. The van der Waals surface area contributed by atoms with Crippen molar-refractivity contribution in [2.75, 3.05) is 16.8 Å². The van der Waals surface area contributed by atoms with Crippen molar-refractivity contribution in [1.29, 1.82) is 0 Å². The minimum atomic E-state index is -0.964. The van der Waals surface area contributed by atoms with Gasteiger partial charge in [-0.2, -0.15) is 0 Å². The third-order valence-corrected chi connectivity index (χ3v) is 5.40. The molecular formula is C26H20N4O7. The zero-order valence-electron chi connectivity index (χ0n) is 19.5. The van der Waals surface area contributed by atoms with Crippen LogP contribution in [-0.2, 0) is 14.4 Å². The summed E-state index contributed by atoms with van der Waals surface area (Å²) in [7, 11) is 0. The highest BCUT2D eigenvalue weighted by Gasteiger charge is 2.36. The number of urea groups is 1. The first kappa shape index (κ1) is 24.8. The lowest BCUT2D eigenvalue weighted by Gasteiger charge is -2.26. The lowest BCUT2D eigenvalue weighted by molar-refractivity contribution is -0.384. The van der Waals surface area contributed by atoms with Gasteiger partial charge in [0.15, 0.2) is 6.61 Å². The maximum atomic E-state index is 13.0. The molecular weight excluding hydrogens is 480 g/mol. The van der Waals surface area contributed by atoms with Gasteiger partial charge in [0.05, 0.1) is 10.6 Å². The van der Waals surface area contributed by atoms with Gasteiger partial charge in [-0.05, 0) is 54.5 Å². The zero-order valence-corrected chi connectivity index (χ0v) is 19.5. The molecule has 0 spiro atoms. The molecule has 1 fully saturated rings. The molecule has 1 aliphatic rings. The fourth-order valence-electron chi connectivity index (χ4n) is 3.49. The lowest BCUT2D eigenvalue weighted by atomic mass is 10.1. The Bertz CT molecular complexity index is 1430. The second kappa shape index (κ2) is 10.5. The van der Waals surface area contributed by atoms with E-state index in [1.54, 1.807) is 30.3 Å². The molecule has 186 valence electrons. The van der Waals surface area contributed by atoms with Gasteiger partial charge < -0.3 is 10.1 Å². The molecule has 0 aromatic heterocycles. The van der Waals surface area contributed by atoms with E-state index in [-0.39, 0.29) is 29.5 Å². The normalized spacial score (nSPS) is 14.4. The second-order valence-corrected chi connectivity index (χ2v) is 7.95. The molecule has 11 nitrogen and oxygen atoms in total. The van der Waals surface area contributed by atoms with Crippen LogP contribution in [0.3, 0.4) is 0 Å². The molecule has 0 unspecified atom stereocenters. The summed E-state index contributed by atoms with van der Waals surface area (Å²) in [6, 6.07) is 17.5. The van der Waals surface area contributed by atoms with E-state index in [0.29, 0.717) is 17.0 Å². The van der Waals surface area contributed by atoms with E-state index in [1.165, 1.54) is 18.2 Å². The van der Waals surface area contributed by atoms with Crippen LogP contribution >= 0.6 is 0 Å². The molecule has 1 saturated heterocycles. The standard InChI is InChI=1S/C26H20N4O7/c1-16-4-2-3-5-22(16)27-23(31)15-37-20-12-6-17(7-13-20)14-21-24(32)28-26(34)29(25(21)33)18-8-10-19(11-9-18)30(35)36/h2-14H,15H2,1H3,(H,27,31)(H,28,32,34)/b21-14-. The van der Waals surface area contributed by atoms with E-state index in [2.05, 4.69) is 10.6 Å². The van der Waals surface area contributed by atoms with Gasteiger partial charge in [0, 0.05) is 17.8 Å². The van der Waals surface area contributed by atoms with Crippen LogP contribution in [-0.4, -0.2) is 35.3 Å². The zero-order chi connectivity index (χ0) is 26.5. The number of benzene rings is 3. The van der Waals surface area contributed by atoms with Crippen molar-refractivity contribution in [3.63, 3.8) is 0 Å². The maximum Gasteiger partial charge on any atom is 0.335 e. The minimum Gasteiger partial charge on any atom is -0.484 e. The number of aryl methyl sites for hydroxylation is 1. The molecule has 2 N–H and O–H groups in total. The summed E-state index contributed by atoms with van der Waals surface area (Å²) in [5.74, 6) is -1.69. The van der Waals surface area contributed by atoms with E-state index >= 15 is 0 Å². The largest absolute Gasteiger partial charge is 0.484 e. The number of para-hydroxylation sites is 1. The predicted octanol–water partition coefficient (Wildman–Crippen LogP) is 3.59. The first-order valence-corrected chi connectivity index (χ1v) is 11.0. The number of anilines is 2. The Morgan fingerprint density at radius 3 is 2.35 bits per heavy atom. The second-order valence-electron chi connectivity index (χ2n) is 7.95.